The van der Waals surface area contributed by atoms with Crippen molar-refractivity contribution in [3.63, 3.8) is 0 Å². The first kappa shape index (κ1) is 15.9. The van der Waals surface area contributed by atoms with Gasteiger partial charge in [-0.2, -0.15) is 0 Å². The molecule has 1 N–H and O–H groups in total. The van der Waals surface area contributed by atoms with Gasteiger partial charge in [0.2, 0.25) is 0 Å². The predicted octanol–water partition coefficient (Wildman–Crippen LogP) is 1.13. The molecule has 0 aromatic heterocycles. The summed E-state index contributed by atoms with van der Waals surface area (Å²) in [6.45, 7) is 11.9. The van der Waals surface area contributed by atoms with E-state index in [4.69, 9.17) is 0 Å². The minimum Gasteiger partial charge on any atom is -0.312 e. The number of nitrogens with one attached hydrogen (secondary N) is 1. The molecule has 0 radical (unpaired) electrons. The Kier molecular flexibility index (Phi) is 6.08. The molecule has 1 rings (SSSR count). The lowest BCUT2D eigenvalue weighted by atomic mass is 10.2. The molecule has 0 spiro atoms. The molecule has 5 heteroatoms. The fraction of sp³-hybridized carbons (Fsp3) is 1.00. The predicted molar refractivity (Wildman–Crippen MR) is 76.6 cm³/mol. The van der Waals surface area contributed by atoms with Crippen molar-refractivity contribution < 1.29 is 8.42 Å². The van der Waals surface area contributed by atoms with Gasteiger partial charge in [-0.25, -0.2) is 8.42 Å². The lowest BCUT2D eigenvalue weighted by Crippen LogP contribution is -2.41. The van der Waals surface area contributed by atoms with E-state index in [1.54, 1.807) is 0 Å². The zero-order valence-electron chi connectivity index (χ0n) is 12.1. The molecule has 4 nitrogen and oxygen atoms in total. The summed E-state index contributed by atoms with van der Waals surface area (Å²) in [6.07, 6.45) is 0.772. The highest BCUT2D eigenvalue weighted by Crippen LogP contribution is 2.11. The molecular weight excluding hydrogens is 248 g/mol. The Morgan fingerprint density at radius 3 is 2.39 bits per heavy atom. The van der Waals surface area contributed by atoms with Crippen LogP contribution in [-0.2, 0) is 9.84 Å². The highest BCUT2D eigenvalue weighted by Gasteiger charge is 2.27. The summed E-state index contributed by atoms with van der Waals surface area (Å²) in [6, 6.07) is 0.713. The third kappa shape index (κ3) is 5.67. The van der Waals surface area contributed by atoms with E-state index in [1.807, 2.05) is 0 Å². The highest BCUT2D eigenvalue weighted by molar-refractivity contribution is 7.91. The smallest absolute Gasteiger partial charge is 0.151 e. The van der Waals surface area contributed by atoms with E-state index in [2.05, 4.69) is 37.9 Å². The molecule has 18 heavy (non-hydrogen) atoms. The average molecular weight is 276 g/mol. The van der Waals surface area contributed by atoms with Crippen LogP contribution in [0.1, 0.15) is 34.1 Å². The molecule has 0 amide bonds. The van der Waals surface area contributed by atoms with E-state index in [9.17, 15) is 8.42 Å². The summed E-state index contributed by atoms with van der Waals surface area (Å²) in [4.78, 5) is 2.45. The first-order valence-corrected chi connectivity index (χ1v) is 8.80. The summed E-state index contributed by atoms with van der Waals surface area (Å²) >= 11 is 0. The van der Waals surface area contributed by atoms with Gasteiger partial charge in [-0.1, -0.05) is 13.8 Å². The van der Waals surface area contributed by atoms with Crippen LogP contribution >= 0.6 is 0 Å². The van der Waals surface area contributed by atoms with Crippen molar-refractivity contribution in [2.45, 2.75) is 46.2 Å². The fourth-order valence-corrected chi connectivity index (χ4v) is 4.11. The Labute approximate surface area is 112 Å². The number of hydrogen-bond donors (Lipinski definition) is 1. The summed E-state index contributed by atoms with van der Waals surface area (Å²) in [5, 5.41) is 3.37. The largest absolute Gasteiger partial charge is 0.312 e. The van der Waals surface area contributed by atoms with Crippen LogP contribution in [0.3, 0.4) is 0 Å². The van der Waals surface area contributed by atoms with Gasteiger partial charge >= 0.3 is 0 Å². The maximum atomic E-state index is 11.3. The molecule has 1 fully saturated rings. The molecule has 0 aromatic rings. The van der Waals surface area contributed by atoms with Gasteiger partial charge in [0.05, 0.1) is 11.5 Å². The maximum absolute atomic E-state index is 11.3. The summed E-state index contributed by atoms with van der Waals surface area (Å²) in [5.41, 5.74) is 0. The van der Waals surface area contributed by atoms with E-state index >= 15 is 0 Å². The second kappa shape index (κ2) is 6.87. The molecule has 1 aliphatic rings. The van der Waals surface area contributed by atoms with Crippen molar-refractivity contribution in [1.82, 2.24) is 10.2 Å². The van der Waals surface area contributed by atoms with Gasteiger partial charge in [-0.3, -0.25) is 4.90 Å². The van der Waals surface area contributed by atoms with E-state index in [-0.39, 0.29) is 6.04 Å². The third-order valence-electron chi connectivity index (χ3n) is 3.39. The van der Waals surface area contributed by atoms with Gasteiger partial charge in [-0.15, -0.1) is 0 Å². The van der Waals surface area contributed by atoms with Crippen LogP contribution in [0.4, 0.5) is 0 Å². The number of sulfone groups is 1. The van der Waals surface area contributed by atoms with Crippen LogP contribution < -0.4 is 5.32 Å². The second-order valence-electron chi connectivity index (χ2n) is 6.04. The molecule has 0 bridgehead atoms. The van der Waals surface area contributed by atoms with Crippen LogP contribution in [0.25, 0.3) is 0 Å². The molecular formula is C13H28N2O2S. The van der Waals surface area contributed by atoms with Crippen LogP contribution in [0.2, 0.25) is 0 Å². The Balaban J connectivity index is 2.27. The van der Waals surface area contributed by atoms with Crippen molar-refractivity contribution >= 4 is 9.84 Å². The van der Waals surface area contributed by atoms with Crippen molar-refractivity contribution in [2.24, 2.45) is 5.92 Å². The molecule has 1 aliphatic heterocycles. The van der Waals surface area contributed by atoms with Gasteiger partial charge in [0, 0.05) is 31.7 Å². The zero-order valence-corrected chi connectivity index (χ0v) is 13.0. The molecule has 0 aliphatic carbocycles. The van der Waals surface area contributed by atoms with Crippen molar-refractivity contribution in [1.29, 1.82) is 0 Å². The van der Waals surface area contributed by atoms with Crippen molar-refractivity contribution in [2.75, 3.05) is 31.1 Å². The topological polar surface area (TPSA) is 49.4 Å². The van der Waals surface area contributed by atoms with Crippen LogP contribution in [-0.4, -0.2) is 56.5 Å². The first-order valence-electron chi connectivity index (χ1n) is 6.98. The summed E-state index contributed by atoms with van der Waals surface area (Å²) in [5.74, 6) is 1.34. The molecule has 1 atom stereocenters. The molecule has 108 valence electrons. The van der Waals surface area contributed by atoms with E-state index < -0.39 is 9.84 Å². The van der Waals surface area contributed by atoms with Crippen LogP contribution in [0, 0.1) is 5.92 Å². The van der Waals surface area contributed by atoms with Gasteiger partial charge in [0.25, 0.3) is 0 Å². The molecule has 1 saturated heterocycles. The second-order valence-corrected chi connectivity index (χ2v) is 8.27. The number of hydrogen-bond acceptors (Lipinski definition) is 4. The average Bonchev–Trinajstić information content (AvgIpc) is 2.56. The van der Waals surface area contributed by atoms with Gasteiger partial charge in [0.1, 0.15) is 0 Å². The SMILES string of the molecule is CC(C)CN(CCNC1CCS(=O)(=O)C1)C(C)C. The van der Waals surface area contributed by atoms with Gasteiger partial charge in [0.15, 0.2) is 9.84 Å². The monoisotopic (exact) mass is 276 g/mol. The van der Waals surface area contributed by atoms with Gasteiger partial charge in [-0.05, 0) is 26.2 Å². The third-order valence-corrected chi connectivity index (χ3v) is 5.16. The lowest BCUT2D eigenvalue weighted by Gasteiger charge is -2.28. The van der Waals surface area contributed by atoms with Crippen LogP contribution in [0.5, 0.6) is 0 Å². The van der Waals surface area contributed by atoms with Gasteiger partial charge < -0.3 is 5.32 Å². The minimum atomic E-state index is -2.76. The fourth-order valence-electron chi connectivity index (χ4n) is 2.40. The Bertz CT molecular complexity index is 339. The molecule has 1 heterocycles. The lowest BCUT2D eigenvalue weighted by molar-refractivity contribution is 0.196. The quantitative estimate of drug-likeness (QED) is 0.757. The Morgan fingerprint density at radius 1 is 1.28 bits per heavy atom. The molecule has 1 unspecified atom stereocenters. The number of rotatable bonds is 7. The van der Waals surface area contributed by atoms with Crippen molar-refractivity contribution in [3.8, 4) is 0 Å². The van der Waals surface area contributed by atoms with Crippen LogP contribution in [0.15, 0.2) is 0 Å². The van der Waals surface area contributed by atoms with Crippen molar-refractivity contribution in [3.05, 3.63) is 0 Å². The Morgan fingerprint density at radius 2 is 1.94 bits per heavy atom. The Hall–Kier alpha value is -0.130. The minimum absolute atomic E-state index is 0.170. The molecule has 0 aromatic carbocycles. The normalized spacial score (nSPS) is 23.4. The highest BCUT2D eigenvalue weighted by atomic mass is 32.2. The zero-order chi connectivity index (χ0) is 13.8. The first-order chi connectivity index (χ1) is 8.30. The maximum Gasteiger partial charge on any atom is 0.151 e. The number of nitrogens with zero attached hydrogens (tertiary/aromatic N) is 1. The molecule has 0 saturated carbocycles. The van der Waals surface area contributed by atoms with E-state index in [0.717, 1.165) is 26.1 Å². The van der Waals surface area contributed by atoms with E-state index in [0.29, 0.717) is 23.5 Å². The standard InChI is InChI=1S/C13H28N2O2S/c1-11(2)9-15(12(3)4)7-6-14-13-5-8-18(16,17)10-13/h11-14H,5-10H2,1-4H3. The summed E-state index contributed by atoms with van der Waals surface area (Å²) < 4.78 is 22.7. The summed E-state index contributed by atoms with van der Waals surface area (Å²) in [7, 11) is -2.76. The van der Waals surface area contributed by atoms with E-state index in [1.165, 1.54) is 0 Å².